The van der Waals surface area contributed by atoms with Crippen LogP contribution in [0.2, 0.25) is 0 Å². The van der Waals surface area contributed by atoms with E-state index in [2.05, 4.69) is 9.97 Å². The van der Waals surface area contributed by atoms with Gasteiger partial charge in [-0.2, -0.15) is 0 Å². The Morgan fingerprint density at radius 1 is 0.263 bits per heavy atom. The van der Waals surface area contributed by atoms with Crippen molar-refractivity contribution in [2.45, 2.75) is 0 Å². The Balaban J connectivity index is 0.00000356. The molecule has 13 heteroatoms. The molecule has 57 heavy (non-hydrogen) atoms. The quantitative estimate of drug-likeness (QED) is 0.141. The number of nitrogens with one attached hydrogen (secondary N) is 2. The van der Waals surface area contributed by atoms with Gasteiger partial charge in [-0.1, -0.05) is 48.5 Å². The third-order valence-electron chi connectivity index (χ3n) is 10.4. The van der Waals surface area contributed by atoms with Crippen LogP contribution >= 0.6 is 0 Å². The van der Waals surface area contributed by atoms with Crippen molar-refractivity contribution in [2.24, 2.45) is 0 Å². The van der Waals surface area contributed by atoms with E-state index in [1.807, 2.05) is 121 Å². The van der Waals surface area contributed by atoms with E-state index in [9.17, 15) is 0 Å². The van der Waals surface area contributed by atoms with Gasteiger partial charge in [0.1, 0.15) is 44.8 Å². The molecule has 0 spiro atoms. The van der Waals surface area contributed by atoms with E-state index < -0.39 is 0 Å². The number of fused-ring (bicyclic) bond motifs is 24. The smallest absolute Gasteiger partial charge is 0.117 e. The van der Waals surface area contributed by atoms with Crippen LogP contribution in [0.15, 0.2) is 121 Å². The Kier molecular flexibility index (Phi) is 6.58. The predicted octanol–water partition coefficient (Wildman–Crippen LogP) is 9.06. The third-order valence-corrected chi connectivity index (χ3v) is 10.4. The summed E-state index contributed by atoms with van der Waals surface area (Å²) in [7, 11) is 0. The first-order chi connectivity index (χ1) is 27.7. The van der Waals surface area contributed by atoms with Gasteiger partial charge in [-0.15, -0.1) is 0 Å². The molecule has 0 amide bonds. The SMILES string of the molecule is [Pd].c1ccc2nc3c(nc2c1)-c1cc2[nH]c(cc4nc(cc5[nH]c(cc-3n1)c1nc3ccccc3nc51)-c1nc3ccccc3nc1-4)c1nc3ccccc3nc21. The summed E-state index contributed by atoms with van der Waals surface area (Å²) in [6.45, 7) is 0. The van der Waals surface area contributed by atoms with Crippen LogP contribution in [0.25, 0.3) is 134 Å². The molecule has 7 aromatic heterocycles. The van der Waals surface area contributed by atoms with Crippen LogP contribution in [0.4, 0.5) is 0 Å². The molecule has 8 bridgehead atoms. The minimum atomic E-state index is 0. The van der Waals surface area contributed by atoms with E-state index in [4.69, 9.17) is 49.8 Å². The number of hydrogen-bond acceptors (Lipinski definition) is 10. The van der Waals surface area contributed by atoms with Crippen LogP contribution in [0.5, 0.6) is 0 Å². The minimum Gasteiger partial charge on any atom is -0.352 e. The fraction of sp³-hybridized carbons (Fsp3) is 0. The fourth-order valence-corrected chi connectivity index (χ4v) is 7.83. The van der Waals surface area contributed by atoms with Crippen molar-refractivity contribution >= 4 is 88.3 Å². The van der Waals surface area contributed by atoms with Crippen LogP contribution in [0, 0.1) is 0 Å². The number of aromatic amines is 2. The Labute approximate surface area is 333 Å². The Morgan fingerprint density at radius 2 is 0.474 bits per heavy atom. The first kappa shape index (κ1) is 31.8. The number of benzene rings is 4. The van der Waals surface area contributed by atoms with Crippen LogP contribution in [0.3, 0.4) is 0 Å². The molecule has 9 heterocycles. The molecule has 0 fully saturated rings. The van der Waals surface area contributed by atoms with Gasteiger partial charge in [0, 0.05) is 20.4 Å². The normalized spacial score (nSPS) is 12.1. The minimum absolute atomic E-state index is 0. The molecule has 11 aromatic rings. The fourth-order valence-electron chi connectivity index (χ4n) is 7.83. The second-order valence-corrected chi connectivity index (χ2v) is 13.9. The van der Waals surface area contributed by atoms with Gasteiger partial charge in [0.2, 0.25) is 0 Å². The predicted molar refractivity (Wildman–Crippen MR) is 217 cm³/mol. The Bertz CT molecular complexity index is 3270. The van der Waals surface area contributed by atoms with E-state index in [-0.39, 0.29) is 20.4 Å². The standard InChI is InChI=1S/C44H22N12.Pd/c1-2-10-22-21(9-1)49-37-29-17-31-39-41(53-24-12-4-3-11-23(24)51-39)33(46-31)19-35-43-44(56-28-16-8-7-15-27(28)55-43)36(48-35)20-34-42-40(52-25-13-5-6-14-26(25)54-42)32(47-34)18-30(45-29)38(37)50-22;/h1-20,45,48H;. The second kappa shape index (κ2) is 11.8. The van der Waals surface area contributed by atoms with Gasteiger partial charge in [0.25, 0.3) is 0 Å². The van der Waals surface area contributed by atoms with E-state index in [1.54, 1.807) is 0 Å². The summed E-state index contributed by atoms with van der Waals surface area (Å²) in [5.41, 5.74) is 17.0. The number of H-pyrrole nitrogens is 2. The molecular formula is C44H22N12Pd. The number of hydrogen-bond donors (Lipinski definition) is 2. The Hall–Kier alpha value is -7.46. The second-order valence-electron chi connectivity index (χ2n) is 13.9. The monoisotopic (exact) mass is 824 g/mol. The molecule has 0 unspecified atom stereocenters. The molecular weight excluding hydrogens is 803 g/mol. The molecule has 13 rings (SSSR count). The van der Waals surface area contributed by atoms with Crippen molar-refractivity contribution < 1.29 is 20.4 Å². The number of rotatable bonds is 0. The van der Waals surface area contributed by atoms with E-state index >= 15 is 0 Å². The van der Waals surface area contributed by atoms with E-state index in [0.29, 0.717) is 67.6 Å². The van der Waals surface area contributed by atoms with E-state index in [1.165, 1.54) is 0 Å². The molecule has 268 valence electrons. The first-order valence-corrected chi connectivity index (χ1v) is 18.1. The van der Waals surface area contributed by atoms with Gasteiger partial charge in [0.15, 0.2) is 0 Å². The zero-order chi connectivity index (χ0) is 36.5. The van der Waals surface area contributed by atoms with Crippen LogP contribution < -0.4 is 0 Å². The maximum absolute atomic E-state index is 5.21. The number of nitrogens with zero attached hydrogens (tertiary/aromatic N) is 10. The van der Waals surface area contributed by atoms with Gasteiger partial charge in [-0.3, -0.25) is 0 Å². The van der Waals surface area contributed by atoms with Crippen LogP contribution in [0.1, 0.15) is 0 Å². The molecule has 2 aliphatic heterocycles. The van der Waals surface area contributed by atoms with Gasteiger partial charge in [-0.25, -0.2) is 49.8 Å². The van der Waals surface area contributed by atoms with Crippen molar-refractivity contribution in [1.29, 1.82) is 0 Å². The molecule has 0 radical (unpaired) electrons. The zero-order valence-electron chi connectivity index (χ0n) is 29.3. The number of para-hydroxylation sites is 8. The van der Waals surface area contributed by atoms with Gasteiger partial charge in [-0.05, 0) is 72.8 Å². The van der Waals surface area contributed by atoms with Crippen molar-refractivity contribution in [1.82, 2.24) is 59.8 Å². The summed E-state index contributed by atoms with van der Waals surface area (Å²) >= 11 is 0. The summed E-state index contributed by atoms with van der Waals surface area (Å²) in [5, 5.41) is 0. The van der Waals surface area contributed by atoms with Gasteiger partial charge < -0.3 is 9.97 Å². The summed E-state index contributed by atoms with van der Waals surface area (Å²) in [6.07, 6.45) is 0. The van der Waals surface area contributed by atoms with Gasteiger partial charge >= 0.3 is 0 Å². The van der Waals surface area contributed by atoms with Crippen LogP contribution in [-0.4, -0.2) is 59.8 Å². The average Bonchev–Trinajstić information content (AvgIpc) is 3.95. The maximum Gasteiger partial charge on any atom is 0.117 e. The molecule has 2 aliphatic rings. The summed E-state index contributed by atoms with van der Waals surface area (Å²) in [6, 6.07) is 39.3. The molecule has 0 saturated heterocycles. The molecule has 0 saturated carbocycles. The summed E-state index contributed by atoms with van der Waals surface area (Å²) in [4.78, 5) is 58.6. The van der Waals surface area contributed by atoms with Crippen molar-refractivity contribution in [2.75, 3.05) is 0 Å². The molecule has 4 aromatic carbocycles. The molecule has 0 atom stereocenters. The Morgan fingerprint density at radius 3 is 0.702 bits per heavy atom. The van der Waals surface area contributed by atoms with Crippen molar-refractivity contribution in [3.63, 3.8) is 0 Å². The topological polar surface area (TPSA) is 160 Å². The summed E-state index contributed by atoms with van der Waals surface area (Å²) < 4.78 is 0. The van der Waals surface area contributed by atoms with Crippen LogP contribution in [-0.2, 0) is 20.4 Å². The molecule has 2 N–H and O–H groups in total. The van der Waals surface area contributed by atoms with Gasteiger partial charge in [0.05, 0.1) is 89.0 Å². The third kappa shape index (κ3) is 4.77. The average molecular weight is 825 g/mol. The number of aromatic nitrogens is 12. The van der Waals surface area contributed by atoms with Crippen molar-refractivity contribution in [3.8, 4) is 45.6 Å². The first-order valence-electron chi connectivity index (χ1n) is 18.1. The maximum atomic E-state index is 5.21. The zero-order valence-corrected chi connectivity index (χ0v) is 30.9. The molecule has 12 nitrogen and oxygen atoms in total. The summed E-state index contributed by atoms with van der Waals surface area (Å²) in [5.74, 6) is 0. The molecule has 0 aliphatic carbocycles. The largest absolute Gasteiger partial charge is 0.352 e. The van der Waals surface area contributed by atoms with E-state index in [0.717, 1.165) is 66.2 Å². The van der Waals surface area contributed by atoms with Crippen molar-refractivity contribution in [3.05, 3.63) is 121 Å².